The Hall–Kier alpha value is -1.71. The summed E-state index contributed by atoms with van der Waals surface area (Å²) >= 11 is 0. The minimum absolute atomic E-state index is 0.115. The van der Waals surface area contributed by atoms with E-state index < -0.39 is 0 Å². The minimum Gasteiger partial charge on any atom is -0.495 e. The lowest BCUT2D eigenvalue weighted by atomic mass is 10.3. The topological polar surface area (TPSA) is 41.6 Å². The quantitative estimate of drug-likeness (QED) is 0.852. The van der Waals surface area contributed by atoms with Gasteiger partial charge in [-0.15, -0.1) is 0 Å². The number of amides is 2. The molecule has 0 atom stereocenters. The van der Waals surface area contributed by atoms with E-state index >= 15 is 0 Å². The molecule has 1 aromatic rings. The molecule has 0 saturated carbocycles. The number of anilines is 1. The zero-order valence-electron chi connectivity index (χ0n) is 10.2. The van der Waals surface area contributed by atoms with Gasteiger partial charge in [0.1, 0.15) is 5.75 Å². The Balaban J connectivity index is 2.87. The zero-order chi connectivity index (χ0) is 12.1. The number of nitrogens with one attached hydrogen (secondary N) is 1. The summed E-state index contributed by atoms with van der Waals surface area (Å²) in [5.41, 5.74) is 0.753. The molecule has 16 heavy (non-hydrogen) atoms. The van der Waals surface area contributed by atoms with Crippen LogP contribution in [0.2, 0.25) is 0 Å². The molecule has 0 aromatic heterocycles. The highest BCUT2D eigenvalue weighted by atomic mass is 16.5. The highest BCUT2D eigenvalue weighted by Crippen LogP contribution is 2.26. The highest BCUT2D eigenvalue weighted by Gasteiger charge is 2.14. The molecule has 1 N–H and O–H groups in total. The van der Waals surface area contributed by atoms with Gasteiger partial charge in [-0.3, -0.25) is 4.90 Å². The van der Waals surface area contributed by atoms with Crippen LogP contribution in [-0.2, 0) is 0 Å². The van der Waals surface area contributed by atoms with E-state index in [9.17, 15) is 4.79 Å². The first-order valence-electron chi connectivity index (χ1n) is 5.23. The molecule has 88 valence electrons. The van der Waals surface area contributed by atoms with Crippen molar-refractivity contribution in [2.75, 3.05) is 19.1 Å². The molecule has 0 aliphatic rings. The molecule has 1 aromatic carbocycles. The summed E-state index contributed by atoms with van der Waals surface area (Å²) in [6.07, 6.45) is 0. The van der Waals surface area contributed by atoms with Crippen molar-refractivity contribution in [1.29, 1.82) is 0 Å². The molecule has 2 amide bonds. The van der Waals surface area contributed by atoms with Crippen LogP contribution in [0.15, 0.2) is 24.3 Å². The molecule has 0 spiro atoms. The maximum Gasteiger partial charge on any atom is 0.321 e. The van der Waals surface area contributed by atoms with Gasteiger partial charge in [-0.05, 0) is 26.0 Å². The summed E-state index contributed by atoms with van der Waals surface area (Å²) in [7, 11) is 3.31. The van der Waals surface area contributed by atoms with E-state index in [-0.39, 0.29) is 12.1 Å². The van der Waals surface area contributed by atoms with Gasteiger partial charge in [-0.1, -0.05) is 12.1 Å². The van der Waals surface area contributed by atoms with Crippen molar-refractivity contribution in [2.45, 2.75) is 19.9 Å². The van der Waals surface area contributed by atoms with Crippen molar-refractivity contribution in [2.24, 2.45) is 0 Å². The van der Waals surface area contributed by atoms with Crippen molar-refractivity contribution < 1.29 is 9.53 Å². The number of para-hydroxylation sites is 2. The second kappa shape index (κ2) is 5.39. The van der Waals surface area contributed by atoms with Crippen LogP contribution >= 0.6 is 0 Å². The number of benzene rings is 1. The lowest BCUT2D eigenvalue weighted by Gasteiger charge is -2.21. The van der Waals surface area contributed by atoms with E-state index in [1.54, 1.807) is 19.1 Å². The minimum atomic E-state index is -0.139. The number of carbonyl (C=O) groups excluding carboxylic acids is 1. The number of hydrogen-bond acceptors (Lipinski definition) is 2. The van der Waals surface area contributed by atoms with Crippen LogP contribution in [0.3, 0.4) is 0 Å². The Morgan fingerprint density at radius 2 is 2.00 bits per heavy atom. The summed E-state index contributed by atoms with van der Waals surface area (Å²) in [5.74, 6) is 0.684. The molecule has 0 heterocycles. The van der Waals surface area contributed by atoms with Crippen LogP contribution in [0.25, 0.3) is 0 Å². The predicted molar refractivity (Wildman–Crippen MR) is 65.1 cm³/mol. The van der Waals surface area contributed by atoms with Gasteiger partial charge in [0.25, 0.3) is 0 Å². The maximum atomic E-state index is 11.8. The molecular weight excluding hydrogens is 204 g/mol. The summed E-state index contributed by atoms with van der Waals surface area (Å²) in [6, 6.07) is 7.39. The third-order valence-corrected chi connectivity index (χ3v) is 2.16. The van der Waals surface area contributed by atoms with E-state index in [1.807, 2.05) is 38.1 Å². The Morgan fingerprint density at radius 1 is 1.38 bits per heavy atom. The van der Waals surface area contributed by atoms with Gasteiger partial charge in [-0.2, -0.15) is 0 Å². The fourth-order valence-corrected chi connectivity index (χ4v) is 1.36. The third-order valence-electron chi connectivity index (χ3n) is 2.16. The summed E-state index contributed by atoms with van der Waals surface area (Å²) in [4.78, 5) is 13.3. The first-order chi connectivity index (χ1) is 7.56. The first kappa shape index (κ1) is 12.4. The molecule has 4 heteroatoms. The number of methoxy groups -OCH3 is 1. The number of urea groups is 1. The fourth-order valence-electron chi connectivity index (χ4n) is 1.36. The van der Waals surface area contributed by atoms with Gasteiger partial charge in [0, 0.05) is 13.1 Å². The predicted octanol–water partition coefficient (Wildman–Crippen LogP) is 2.25. The van der Waals surface area contributed by atoms with Crippen LogP contribution in [0.4, 0.5) is 10.5 Å². The number of rotatable bonds is 3. The average Bonchev–Trinajstić information content (AvgIpc) is 2.27. The number of hydrogen-bond donors (Lipinski definition) is 1. The standard InChI is InChI=1S/C12H18N2O2/c1-9(2)13-12(15)14(3)10-7-5-6-8-11(10)16-4/h5-9H,1-4H3,(H,13,15). The smallest absolute Gasteiger partial charge is 0.321 e. The lowest BCUT2D eigenvalue weighted by Crippen LogP contribution is -2.40. The molecule has 0 radical (unpaired) electrons. The Kier molecular flexibility index (Phi) is 4.17. The molecule has 1 rings (SSSR count). The van der Waals surface area contributed by atoms with Crippen molar-refractivity contribution in [3.05, 3.63) is 24.3 Å². The van der Waals surface area contributed by atoms with Gasteiger partial charge in [0.2, 0.25) is 0 Å². The van der Waals surface area contributed by atoms with E-state index in [0.717, 1.165) is 5.69 Å². The van der Waals surface area contributed by atoms with Crippen LogP contribution in [0.1, 0.15) is 13.8 Å². The summed E-state index contributed by atoms with van der Waals surface area (Å²) in [6.45, 7) is 3.85. The van der Waals surface area contributed by atoms with Crippen LogP contribution < -0.4 is 15.0 Å². The van der Waals surface area contributed by atoms with E-state index in [1.165, 1.54) is 0 Å². The van der Waals surface area contributed by atoms with Crippen LogP contribution in [0.5, 0.6) is 5.75 Å². The lowest BCUT2D eigenvalue weighted by molar-refractivity contribution is 0.245. The molecule has 4 nitrogen and oxygen atoms in total. The monoisotopic (exact) mass is 222 g/mol. The molecule has 0 aliphatic heterocycles. The number of carbonyl (C=O) groups is 1. The molecular formula is C12H18N2O2. The second-order valence-electron chi connectivity index (χ2n) is 3.84. The molecule has 0 fully saturated rings. The number of nitrogens with zero attached hydrogens (tertiary/aromatic N) is 1. The van der Waals surface area contributed by atoms with Crippen LogP contribution in [0, 0.1) is 0 Å². The Labute approximate surface area is 96.2 Å². The molecule has 0 saturated heterocycles. The van der Waals surface area contributed by atoms with Crippen molar-refractivity contribution in [3.63, 3.8) is 0 Å². The average molecular weight is 222 g/mol. The van der Waals surface area contributed by atoms with Gasteiger partial charge in [0.15, 0.2) is 0 Å². The van der Waals surface area contributed by atoms with E-state index in [2.05, 4.69) is 5.32 Å². The highest BCUT2D eigenvalue weighted by molar-refractivity contribution is 5.93. The Bertz CT molecular complexity index is 364. The summed E-state index contributed by atoms with van der Waals surface area (Å²) in [5, 5.41) is 2.82. The molecule has 0 aliphatic carbocycles. The van der Waals surface area contributed by atoms with Gasteiger partial charge in [0.05, 0.1) is 12.8 Å². The normalized spacial score (nSPS) is 10.1. The maximum absolute atomic E-state index is 11.8. The van der Waals surface area contributed by atoms with Crippen molar-refractivity contribution in [1.82, 2.24) is 5.32 Å². The van der Waals surface area contributed by atoms with E-state index in [4.69, 9.17) is 4.74 Å². The van der Waals surface area contributed by atoms with Crippen molar-refractivity contribution >= 4 is 11.7 Å². The third kappa shape index (κ3) is 2.89. The fraction of sp³-hybridized carbons (Fsp3) is 0.417. The molecule has 0 unspecified atom stereocenters. The van der Waals surface area contributed by atoms with Crippen LogP contribution in [-0.4, -0.2) is 26.2 Å². The van der Waals surface area contributed by atoms with Crippen molar-refractivity contribution in [3.8, 4) is 5.75 Å². The first-order valence-corrected chi connectivity index (χ1v) is 5.23. The molecule has 0 bridgehead atoms. The second-order valence-corrected chi connectivity index (χ2v) is 3.84. The van der Waals surface area contributed by atoms with Gasteiger partial charge in [-0.25, -0.2) is 4.79 Å². The SMILES string of the molecule is COc1ccccc1N(C)C(=O)NC(C)C. The summed E-state index contributed by atoms with van der Waals surface area (Å²) < 4.78 is 5.20. The Morgan fingerprint density at radius 3 is 2.56 bits per heavy atom. The van der Waals surface area contributed by atoms with Gasteiger partial charge < -0.3 is 10.1 Å². The van der Waals surface area contributed by atoms with Gasteiger partial charge >= 0.3 is 6.03 Å². The number of ether oxygens (including phenoxy) is 1. The zero-order valence-corrected chi connectivity index (χ0v) is 10.2. The van der Waals surface area contributed by atoms with E-state index in [0.29, 0.717) is 5.75 Å². The largest absolute Gasteiger partial charge is 0.495 e.